The number of alkyl halides is 3. The van der Waals surface area contributed by atoms with Gasteiger partial charge in [0.25, 0.3) is 0 Å². The van der Waals surface area contributed by atoms with Gasteiger partial charge in [-0.2, -0.15) is 13.2 Å². The summed E-state index contributed by atoms with van der Waals surface area (Å²) in [6.45, 7) is 0. The molecule has 0 aliphatic carbocycles. The minimum Gasteiger partial charge on any atom is -0.298 e. The molecule has 0 N–H and O–H groups in total. The Morgan fingerprint density at radius 2 is 1.40 bits per heavy atom. The summed E-state index contributed by atoms with van der Waals surface area (Å²) in [7, 11) is 0. The van der Waals surface area contributed by atoms with Crippen LogP contribution in [0.25, 0.3) is 21.5 Å². The first-order chi connectivity index (χ1) is 9.52. The largest absolute Gasteiger partial charge is 0.417 e. The van der Waals surface area contributed by atoms with Crippen molar-refractivity contribution in [2.24, 2.45) is 0 Å². The monoisotopic (exact) mass is 274 g/mol. The fourth-order valence-corrected chi connectivity index (χ4v) is 2.50. The van der Waals surface area contributed by atoms with Crippen LogP contribution in [0.15, 0.2) is 48.5 Å². The number of carbonyl (C=O) groups is 1. The molecule has 0 fully saturated rings. The first-order valence-corrected chi connectivity index (χ1v) is 5.99. The SMILES string of the molecule is O=Cc1cc2c(C(F)(F)F)cccc2c2ccccc12. The lowest BCUT2D eigenvalue weighted by molar-refractivity contribution is -0.136. The van der Waals surface area contributed by atoms with E-state index in [9.17, 15) is 18.0 Å². The number of benzene rings is 3. The van der Waals surface area contributed by atoms with Crippen molar-refractivity contribution in [3.05, 3.63) is 59.7 Å². The Kier molecular flexibility index (Phi) is 2.74. The van der Waals surface area contributed by atoms with Gasteiger partial charge in [-0.05, 0) is 33.7 Å². The predicted octanol–water partition coefficient (Wildman–Crippen LogP) is 4.82. The second-order valence-corrected chi connectivity index (χ2v) is 4.53. The van der Waals surface area contributed by atoms with Crippen molar-refractivity contribution >= 4 is 27.8 Å². The number of fused-ring (bicyclic) bond motifs is 3. The molecule has 0 saturated carbocycles. The Bertz CT molecular complexity index is 819. The molecule has 3 aromatic carbocycles. The van der Waals surface area contributed by atoms with Crippen molar-refractivity contribution in [3.63, 3.8) is 0 Å². The summed E-state index contributed by atoms with van der Waals surface area (Å²) in [5, 5.41) is 1.87. The van der Waals surface area contributed by atoms with Crippen LogP contribution >= 0.6 is 0 Å². The number of hydrogen-bond acceptors (Lipinski definition) is 1. The maximum Gasteiger partial charge on any atom is 0.417 e. The summed E-state index contributed by atoms with van der Waals surface area (Å²) >= 11 is 0. The van der Waals surface area contributed by atoms with E-state index < -0.39 is 11.7 Å². The average Bonchev–Trinajstić information content (AvgIpc) is 2.44. The lowest BCUT2D eigenvalue weighted by atomic mass is 9.95. The van der Waals surface area contributed by atoms with Crippen molar-refractivity contribution in [3.8, 4) is 0 Å². The van der Waals surface area contributed by atoms with E-state index in [2.05, 4.69) is 0 Å². The van der Waals surface area contributed by atoms with Crippen molar-refractivity contribution in [1.82, 2.24) is 0 Å². The molecule has 4 heteroatoms. The average molecular weight is 274 g/mol. The molecule has 20 heavy (non-hydrogen) atoms. The molecule has 3 rings (SSSR count). The van der Waals surface area contributed by atoms with Crippen molar-refractivity contribution < 1.29 is 18.0 Å². The van der Waals surface area contributed by atoms with E-state index in [0.717, 1.165) is 6.07 Å². The zero-order valence-electron chi connectivity index (χ0n) is 10.2. The summed E-state index contributed by atoms with van der Waals surface area (Å²) < 4.78 is 39.2. The number of aldehydes is 1. The summed E-state index contributed by atoms with van der Waals surface area (Å²) in [4.78, 5) is 11.1. The van der Waals surface area contributed by atoms with Crippen LogP contribution < -0.4 is 0 Å². The minimum atomic E-state index is -4.44. The number of halogens is 3. The van der Waals surface area contributed by atoms with E-state index in [1.54, 1.807) is 30.3 Å². The zero-order chi connectivity index (χ0) is 14.3. The molecule has 0 unspecified atom stereocenters. The minimum absolute atomic E-state index is 0.0563. The van der Waals surface area contributed by atoms with Crippen LogP contribution in [0, 0.1) is 0 Å². The number of rotatable bonds is 1. The van der Waals surface area contributed by atoms with E-state index in [1.807, 2.05) is 0 Å². The fraction of sp³-hybridized carbons (Fsp3) is 0.0625. The van der Waals surface area contributed by atoms with Crippen LogP contribution in [-0.4, -0.2) is 6.29 Å². The van der Waals surface area contributed by atoms with Crippen LogP contribution in [0.1, 0.15) is 15.9 Å². The molecule has 0 radical (unpaired) electrons. The molecule has 1 nitrogen and oxygen atoms in total. The first kappa shape index (κ1) is 12.7. The highest BCUT2D eigenvalue weighted by atomic mass is 19.4. The van der Waals surface area contributed by atoms with Gasteiger partial charge in [-0.15, -0.1) is 0 Å². The summed E-state index contributed by atoms with van der Waals surface area (Å²) in [6, 6.07) is 12.3. The van der Waals surface area contributed by atoms with Crippen LogP contribution in [0.5, 0.6) is 0 Å². The number of carbonyl (C=O) groups excluding carboxylic acids is 1. The second kappa shape index (κ2) is 4.34. The maximum atomic E-state index is 13.1. The Morgan fingerprint density at radius 3 is 2.05 bits per heavy atom. The quantitative estimate of drug-likeness (QED) is 0.459. The zero-order valence-corrected chi connectivity index (χ0v) is 10.2. The lowest BCUT2D eigenvalue weighted by Crippen LogP contribution is -2.06. The number of hydrogen-bond donors (Lipinski definition) is 0. The molecular weight excluding hydrogens is 265 g/mol. The Labute approximate surface area is 112 Å². The molecule has 3 aromatic rings. The fourth-order valence-electron chi connectivity index (χ4n) is 2.50. The molecule has 0 atom stereocenters. The Balaban J connectivity index is 2.55. The van der Waals surface area contributed by atoms with E-state index >= 15 is 0 Å². The molecule has 0 spiro atoms. The van der Waals surface area contributed by atoms with Gasteiger partial charge >= 0.3 is 6.18 Å². The van der Waals surface area contributed by atoms with Crippen LogP contribution in [0.3, 0.4) is 0 Å². The second-order valence-electron chi connectivity index (χ2n) is 4.53. The molecule has 0 heterocycles. The molecule has 0 saturated heterocycles. The molecule has 0 aliphatic rings. The lowest BCUT2D eigenvalue weighted by Gasteiger charge is -2.13. The van der Waals surface area contributed by atoms with Crippen molar-refractivity contribution in [2.45, 2.75) is 6.18 Å². The van der Waals surface area contributed by atoms with Gasteiger partial charge < -0.3 is 0 Å². The Morgan fingerprint density at radius 1 is 0.800 bits per heavy atom. The molecule has 100 valence electrons. The molecule has 0 amide bonds. The summed E-state index contributed by atoms with van der Waals surface area (Å²) in [5.41, 5.74) is -0.450. The predicted molar refractivity (Wildman–Crippen MR) is 71.8 cm³/mol. The maximum absolute atomic E-state index is 13.1. The first-order valence-electron chi connectivity index (χ1n) is 5.99. The van der Waals surface area contributed by atoms with Gasteiger partial charge in [-0.1, -0.05) is 36.4 Å². The molecular formula is C16H9F3O. The smallest absolute Gasteiger partial charge is 0.298 e. The van der Waals surface area contributed by atoms with E-state index in [-0.39, 0.29) is 10.9 Å². The summed E-state index contributed by atoms with van der Waals surface area (Å²) in [6.07, 6.45) is -3.85. The third kappa shape index (κ3) is 1.84. The topological polar surface area (TPSA) is 17.1 Å². The third-order valence-corrected chi connectivity index (χ3v) is 3.37. The van der Waals surface area contributed by atoms with Crippen molar-refractivity contribution in [1.29, 1.82) is 0 Å². The van der Waals surface area contributed by atoms with Gasteiger partial charge in [0.15, 0.2) is 6.29 Å². The van der Waals surface area contributed by atoms with Gasteiger partial charge in [0.05, 0.1) is 5.56 Å². The van der Waals surface area contributed by atoms with Crippen molar-refractivity contribution in [2.75, 3.05) is 0 Å². The van der Waals surface area contributed by atoms with Gasteiger partial charge in [0, 0.05) is 5.56 Å². The normalized spacial score (nSPS) is 11.9. The van der Waals surface area contributed by atoms with E-state index in [1.165, 1.54) is 12.1 Å². The highest BCUT2D eigenvalue weighted by molar-refractivity contribution is 6.14. The van der Waals surface area contributed by atoms with Gasteiger partial charge in [0.2, 0.25) is 0 Å². The van der Waals surface area contributed by atoms with Crippen LogP contribution in [-0.2, 0) is 6.18 Å². The highest BCUT2D eigenvalue weighted by Crippen LogP contribution is 2.37. The third-order valence-electron chi connectivity index (χ3n) is 3.37. The Hall–Kier alpha value is -2.36. The van der Waals surface area contributed by atoms with Crippen LogP contribution in [0.2, 0.25) is 0 Å². The highest BCUT2D eigenvalue weighted by Gasteiger charge is 2.32. The molecule has 0 aromatic heterocycles. The standard InChI is InChI=1S/C16H9F3O/c17-16(18,19)15-7-3-6-13-12-5-2-1-4-11(12)10(9-20)8-14(13)15/h1-9H. The van der Waals surface area contributed by atoms with Gasteiger partial charge in [-0.3, -0.25) is 4.79 Å². The van der Waals surface area contributed by atoms with E-state index in [4.69, 9.17) is 0 Å². The van der Waals surface area contributed by atoms with Crippen LogP contribution in [0.4, 0.5) is 13.2 Å². The summed E-state index contributed by atoms with van der Waals surface area (Å²) in [5.74, 6) is 0. The van der Waals surface area contributed by atoms with Gasteiger partial charge in [-0.25, -0.2) is 0 Å². The van der Waals surface area contributed by atoms with Gasteiger partial charge in [0.1, 0.15) is 0 Å². The van der Waals surface area contributed by atoms with E-state index in [0.29, 0.717) is 22.4 Å². The molecule has 0 aliphatic heterocycles. The molecule has 0 bridgehead atoms.